The summed E-state index contributed by atoms with van der Waals surface area (Å²) >= 11 is 1.35. The zero-order valence-corrected chi connectivity index (χ0v) is 20.9. The van der Waals surface area contributed by atoms with Crippen molar-refractivity contribution >= 4 is 17.0 Å². The van der Waals surface area contributed by atoms with Crippen molar-refractivity contribution < 1.29 is 4.79 Å². The van der Waals surface area contributed by atoms with Gasteiger partial charge in [0, 0.05) is 18.3 Å². The lowest BCUT2D eigenvalue weighted by Crippen LogP contribution is -2.46. The molecule has 0 fully saturated rings. The van der Waals surface area contributed by atoms with Crippen molar-refractivity contribution in [3.8, 4) is 0 Å². The Morgan fingerprint density at radius 1 is 0.727 bits per heavy atom. The van der Waals surface area contributed by atoms with Gasteiger partial charge in [-0.25, -0.2) is 0 Å². The second-order valence-electron chi connectivity index (χ2n) is 9.07. The third-order valence-electron chi connectivity index (χ3n) is 6.07. The smallest absolute Gasteiger partial charge is 0.279 e. The van der Waals surface area contributed by atoms with Gasteiger partial charge in [-0.3, -0.25) is 10.1 Å². The van der Waals surface area contributed by atoms with Gasteiger partial charge < -0.3 is 5.32 Å². The van der Waals surface area contributed by atoms with Crippen molar-refractivity contribution in [2.45, 2.75) is 39.3 Å². The van der Waals surface area contributed by atoms with Crippen LogP contribution in [0.4, 0.5) is 4.79 Å². The van der Waals surface area contributed by atoms with Crippen LogP contribution in [-0.4, -0.2) is 23.6 Å². The van der Waals surface area contributed by atoms with Crippen LogP contribution in [0, 0.1) is 11.8 Å². The Labute approximate surface area is 203 Å². The van der Waals surface area contributed by atoms with Crippen LogP contribution in [0.1, 0.15) is 44.4 Å². The largest absolute Gasteiger partial charge is 0.344 e. The highest BCUT2D eigenvalue weighted by atomic mass is 32.2. The molecular weight excluding hydrogens is 424 g/mol. The predicted octanol–water partition coefficient (Wildman–Crippen LogP) is 6.69. The Morgan fingerprint density at radius 3 is 1.48 bits per heavy atom. The van der Waals surface area contributed by atoms with E-state index in [0.29, 0.717) is 24.1 Å². The first-order valence-electron chi connectivity index (χ1n) is 11.8. The van der Waals surface area contributed by atoms with Gasteiger partial charge in [0.05, 0.1) is 5.54 Å². The Hall–Kier alpha value is -2.56. The molecule has 0 radical (unpaired) electrons. The van der Waals surface area contributed by atoms with Gasteiger partial charge in [0.15, 0.2) is 0 Å². The van der Waals surface area contributed by atoms with Gasteiger partial charge in [0.25, 0.3) is 5.24 Å². The van der Waals surface area contributed by atoms with E-state index in [1.165, 1.54) is 28.5 Å². The van der Waals surface area contributed by atoms with Crippen LogP contribution in [-0.2, 0) is 5.54 Å². The first-order valence-corrected chi connectivity index (χ1v) is 12.8. The van der Waals surface area contributed by atoms with Crippen molar-refractivity contribution in [2.24, 2.45) is 11.8 Å². The Bertz CT molecular complexity index is 870. The van der Waals surface area contributed by atoms with E-state index < -0.39 is 5.54 Å². The van der Waals surface area contributed by atoms with Crippen LogP contribution in [0.2, 0.25) is 0 Å². The molecule has 2 N–H and O–H groups in total. The number of rotatable bonds is 10. The molecule has 0 aliphatic carbocycles. The molecule has 0 saturated carbocycles. The fourth-order valence-corrected chi connectivity index (χ4v) is 5.14. The van der Waals surface area contributed by atoms with Gasteiger partial charge in [0.1, 0.15) is 0 Å². The van der Waals surface area contributed by atoms with E-state index in [4.69, 9.17) is 0 Å². The number of thioether (sulfide) groups is 1. The van der Waals surface area contributed by atoms with Gasteiger partial charge in [-0.1, -0.05) is 130 Å². The molecule has 0 unspecified atom stereocenters. The van der Waals surface area contributed by atoms with Crippen LogP contribution >= 0.6 is 11.8 Å². The van der Waals surface area contributed by atoms with Crippen molar-refractivity contribution in [3.63, 3.8) is 0 Å². The number of nitrogens with one attached hydrogen (secondary N) is 2. The summed E-state index contributed by atoms with van der Waals surface area (Å²) in [6.45, 7) is 9.32. The minimum atomic E-state index is -0.501. The molecule has 0 spiro atoms. The zero-order valence-electron chi connectivity index (χ0n) is 20.1. The van der Waals surface area contributed by atoms with Gasteiger partial charge in [-0.15, -0.1) is 0 Å². The highest BCUT2D eigenvalue weighted by Gasteiger charge is 2.35. The highest BCUT2D eigenvalue weighted by Crippen LogP contribution is 2.36. The molecular formula is C29H36N2OS. The summed E-state index contributed by atoms with van der Waals surface area (Å²) in [7, 11) is 0. The van der Waals surface area contributed by atoms with Crippen molar-refractivity contribution in [3.05, 3.63) is 108 Å². The van der Waals surface area contributed by atoms with Gasteiger partial charge >= 0.3 is 0 Å². The van der Waals surface area contributed by atoms with Gasteiger partial charge in [-0.2, -0.15) is 0 Å². The fourth-order valence-electron chi connectivity index (χ4n) is 4.53. The number of hydrogen-bond donors (Lipinski definition) is 2. The molecule has 174 valence electrons. The van der Waals surface area contributed by atoms with E-state index in [0.717, 1.165) is 0 Å². The molecule has 1 amide bonds. The molecule has 3 aromatic rings. The molecule has 3 nitrogen and oxygen atoms in total. The first kappa shape index (κ1) is 25.1. The molecule has 0 bridgehead atoms. The fraction of sp³-hybridized carbons (Fsp3) is 0.345. The van der Waals surface area contributed by atoms with Crippen LogP contribution in [0.5, 0.6) is 0 Å². The third-order valence-corrected chi connectivity index (χ3v) is 6.86. The SMILES string of the molecule is CC(C)C(NC(=O)SCCNC(c1ccccc1)(c1ccccc1)c1ccccc1)C(C)C. The van der Waals surface area contributed by atoms with E-state index in [2.05, 4.69) is 111 Å². The van der Waals surface area contributed by atoms with Crippen molar-refractivity contribution in [2.75, 3.05) is 12.3 Å². The standard InChI is InChI=1S/C29H36N2OS/c1-22(2)27(23(3)4)31-28(32)33-21-20-30-29(24-14-8-5-9-15-24,25-16-10-6-11-17-25)26-18-12-7-13-19-26/h5-19,22-23,27,30H,20-21H2,1-4H3,(H,31,32). The van der Waals surface area contributed by atoms with E-state index in [-0.39, 0.29) is 11.3 Å². The van der Waals surface area contributed by atoms with Gasteiger partial charge in [-0.05, 0) is 28.5 Å². The molecule has 0 aromatic heterocycles. The molecule has 0 aliphatic rings. The van der Waals surface area contributed by atoms with E-state index in [1.54, 1.807) is 0 Å². The minimum Gasteiger partial charge on any atom is -0.344 e. The third kappa shape index (κ3) is 6.27. The second kappa shape index (κ2) is 12.1. The van der Waals surface area contributed by atoms with Crippen LogP contribution < -0.4 is 10.6 Å². The number of carbonyl (C=O) groups excluding carboxylic acids is 1. The lowest BCUT2D eigenvalue weighted by Gasteiger charge is -2.37. The molecule has 3 aromatic carbocycles. The maximum absolute atomic E-state index is 12.6. The van der Waals surface area contributed by atoms with Crippen molar-refractivity contribution in [1.29, 1.82) is 0 Å². The number of benzene rings is 3. The Balaban J connectivity index is 1.82. The van der Waals surface area contributed by atoms with Crippen LogP contribution in [0.15, 0.2) is 91.0 Å². The van der Waals surface area contributed by atoms with Crippen LogP contribution in [0.3, 0.4) is 0 Å². The lowest BCUT2D eigenvalue weighted by atomic mass is 9.77. The summed E-state index contributed by atoms with van der Waals surface area (Å²) in [5.41, 5.74) is 3.03. The van der Waals surface area contributed by atoms with E-state index in [9.17, 15) is 4.79 Å². The average Bonchev–Trinajstić information content (AvgIpc) is 2.84. The Kier molecular flexibility index (Phi) is 9.16. The van der Waals surface area contributed by atoms with Crippen LogP contribution in [0.25, 0.3) is 0 Å². The topological polar surface area (TPSA) is 41.1 Å². The number of amides is 1. The molecule has 0 saturated heterocycles. The maximum atomic E-state index is 12.6. The Morgan fingerprint density at radius 2 is 1.12 bits per heavy atom. The minimum absolute atomic E-state index is 0.0499. The predicted molar refractivity (Wildman–Crippen MR) is 142 cm³/mol. The summed E-state index contributed by atoms with van der Waals surface area (Å²) in [4.78, 5) is 12.6. The summed E-state index contributed by atoms with van der Waals surface area (Å²) in [6.07, 6.45) is 0. The number of hydrogen-bond acceptors (Lipinski definition) is 3. The number of carbonyl (C=O) groups is 1. The summed E-state index contributed by atoms with van der Waals surface area (Å²) in [6, 6.07) is 31.8. The lowest BCUT2D eigenvalue weighted by molar-refractivity contribution is 0.245. The summed E-state index contributed by atoms with van der Waals surface area (Å²) < 4.78 is 0. The zero-order chi connectivity index (χ0) is 23.7. The highest BCUT2D eigenvalue weighted by molar-refractivity contribution is 8.13. The summed E-state index contributed by atoms with van der Waals surface area (Å²) in [5.74, 6) is 1.51. The van der Waals surface area contributed by atoms with Crippen molar-refractivity contribution in [1.82, 2.24) is 10.6 Å². The first-order chi connectivity index (χ1) is 15.9. The molecule has 0 heterocycles. The monoisotopic (exact) mass is 460 g/mol. The molecule has 3 rings (SSSR count). The molecule has 4 heteroatoms. The van der Waals surface area contributed by atoms with E-state index >= 15 is 0 Å². The molecule has 33 heavy (non-hydrogen) atoms. The second-order valence-corrected chi connectivity index (χ2v) is 10.1. The quantitative estimate of drug-likeness (QED) is 0.261. The van der Waals surface area contributed by atoms with Gasteiger partial charge in [0.2, 0.25) is 0 Å². The summed E-state index contributed by atoms with van der Waals surface area (Å²) in [5, 5.41) is 7.09. The van der Waals surface area contributed by atoms with E-state index in [1.807, 2.05) is 18.2 Å². The normalized spacial score (nSPS) is 11.8. The molecule has 0 aliphatic heterocycles. The average molecular weight is 461 g/mol. The maximum Gasteiger partial charge on any atom is 0.279 e. The molecule has 0 atom stereocenters.